The van der Waals surface area contributed by atoms with Crippen molar-refractivity contribution >= 4 is 17.9 Å². The van der Waals surface area contributed by atoms with E-state index < -0.39 is 24.3 Å². The molecule has 0 saturated carbocycles. The molecule has 9 heteroatoms. The molecule has 0 aliphatic heterocycles. The molecule has 0 aromatic carbocycles. The number of carbonyl (C=O) groups is 3. The van der Waals surface area contributed by atoms with Crippen LogP contribution in [0.1, 0.15) is 322 Å². The topological polar surface area (TPSA) is 111 Å². The first-order valence-electron chi connectivity index (χ1n) is 32.5. The van der Waals surface area contributed by atoms with Gasteiger partial charge in [0.15, 0.2) is 12.4 Å². The average Bonchev–Trinajstić information content (AvgIpc) is 3.38. The van der Waals surface area contributed by atoms with Crippen LogP contribution in [0.5, 0.6) is 0 Å². The average molecular weight is 1060 g/mol. The zero-order chi connectivity index (χ0) is 54.8. The van der Waals surface area contributed by atoms with Crippen LogP contribution in [-0.2, 0) is 33.3 Å². The number of aliphatic carboxylic acids is 1. The molecule has 75 heavy (non-hydrogen) atoms. The van der Waals surface area contributed by atoms with E-state index in [9.17, 15) is 19.5 Å². The van der Waals surface area contributed by atoms with Crippen molar-refractivity contribution in [2.45, 2.75) is 334 Å². The van der Waals surface area contributed by atoms with E-state index in [2.05, 4.69) is 38.2 Å². The van der Waals surface area contributed by atoms with Crippen LogP contribution in [0, 0.1) is 0 Å². The van der Waals surface area contributed by atoms with Crippen LogP contribution in [0.2, 0.25) is 0 Å². The van der Waals surface area contributed by atoms with E-state index in [0.29, 0.717) is 17.4 Å². The molecule has 442 valence electrons. The molecule has 2 unspecified atom stereocenters. The Morgan fingerprint density at radius 2 is 0.680 bits per heavy atom. The summed E-state index contributed by atoms with van der Waals surface area (Å²) in [4.78, 5) is 37.4. The van der Waals surface area contributed by atoms with E-state index in [1.165, 1.54) is 257 Å². The molecule has 0 bridgehead atoms. The quantitative estimate of drug-likeness (QED) is 0.0195. The SMILES string of the molecule is CCCCCCCC/C=C\CCCCCCCCCCCC(=O)OCC(COC(OCC[N+](C)(C)C)C(=O)[O-])OC(=O)CCCCCCCCCCCCCCCCCCCCC/C=C\CCCCCCCCCC. The number of hydrogen-bond donors (Lipinski definition) is 0. The van der Waals surface area contributed by atoms with Crippen LogP contribution in [0.3, 0.4) is 0 Å². The van der Waals surface area contributed by atoms with E-state index in [-0.39, 0.29) is 32.2 Å². The van der Waals surface area contributed by atoms with Crippen LogP contribution in [0.25, 0.3) is 0 Å². The summed E-state index contributed by atoms with van der Waals surface area (Å²) in [6.45, 7) is 4.80. The van der Waals surface area contributed by atoms with Crippen molar-refractivity contribution in [2.75, 3.05) is 47.5 Å². The van der Waals surface area contributed by atoms with Crippen LogP contribution in [0.4, 0.5) is 0 Å². The van der Waals surface area contributed by atoms with E-state index in [1.54, 1.807) is 0 Å². The molecule has 0 aromatic heterocycles. The van der Waals surface area contributed by atoms with Crippen molar-refractivity contribution in [2.24, 2.45) is 0 Å². The molecule has 0 aliphatic rings. The third kappa shape index (κ3) is 59.3. The third-order valence-corrected chi connectivity index (χ3v) is 14.7. The van der Waals surface area contributed by atoms with Gasteiger partial charge < -0.3 is 33.3 Å². The van der Waals surface area contributed by atoms with Crippen LogP contribution < -0.4 is 5.11 Å². The maximum absolute atomic E-state index is 12.9. The van der Waals surface area contributed by atoms with Gasteiger partial charge in [0.25, 0.3) is 0 Å². The Labute approximate surface area is 465 Å². The molecule has 0 amide bonds. The fraction of sp³-hybridized carbons (Fsp3) is 0.894. The lowest BCUT2D eigenvalue weighted by Crippen LogP contribution is -2.44. The van der Waals surface area contributed by atoms with Crippen molar-refractivity contribution in [3.8, 4) is 0 Å². The molecule has 9 nitrogen and oxygen atoms in total. The summed E-state index contributed by atoms with van der Waals surface area (Å²) in [7, 11) is 5.94. The molecule has 0 spiro atoms. The maximum Gasteiger partial charge on any atom is 0.306 e. The number of quaternary nitrogens is 1. The van der Waals surface area contributed by atoms with E-state index in [0.717, 1.165) is 38.5 Å². The number of carbonyl (C=O) groups excluding carboxylic acids is 3. The summed E-state index contributed by atoms with van der Waals surface area (Å²) >= 11 is 0. The van der Waals surface area contributed by atoms with Gasteiger partial charge in [-0.1, -0.05) is 269 Å². The van der Waals surface area contributed by atoms with E-state index in [1.807, 2.05) is 21.1 Å². The van der Waals surface area contributed by atoms with Crippen LogP contribution in [-0.4, -0.2) is 82.3 Å². The largest absolute Gasteiger partial charge is 0.545 e. The van der Waals surface area contributed by atoms with Gasteiger partial charge in [0.2, 0.25) is 0 Å². The predicted molar refractivity (Wildman–Crippen MR) is 316 cm³/mol. The van der Waals surface area contributed by atoms with Crippen molar-refractivity contribution in [1.82, 2.24) is 0 Å². The molecule has 2 atom stereocenters. The second-order valence-electron chi connectivity index (χ2n) is 23.4. The number of allylic oxidation sites excluding steroid dienone is 4. The summed E-state index contributed by atoms with van der Waals surface area (Å²) in [6, 6.07) is 0. The van der Waals surface area contributed by atoms with Crippen molar-refractivity contribution in [3.05, 3.63) is 24.3 Å². The predicted octanol–water partition coefficient (Wildman–Crippen LogP) is 18.1. The summed E-state index contributed by atoms with van der Waals surface area (Å²) in [5.74, 6) is -2.26. The smallest absolute Gasteiger partial charge is 0.306 e. The van der Waals surface area contributed by atoms with Gasteiger partial charge in [-0.25, -0.2) is 0 Å². The number of likely N-dealkylation sites (N-methyl/N-ethyl adjacent to an activating group) is 1. The minimum atomic E-state index is -1.62. The standard InChI is InChI=1S/C66H125NO8/c1-6-8-10-12-14-16-18-20-22-24-26-27-28-29-30-31-32-33-34-35-36-37-39-41-43-45-47-49-51-53-55-57-64(69)75-62(61-74-66(65(70)71)72-59-58-67(3,4)5)60-73-63(68)56-54-52-50-48-46-44-42-40-38-25-23-21-19-17-15-13-11-9-7-2/h21,23-24,26,62,66H,6-20,22,25,27-61H2,1-5H3/b23-21-,26-24-. The monoisotopic (exact) mass is 1060 g/mol. The third-order valence-electron chi connectivity index (χ3n) is 14.7. The highest BCUT2D eigenvalue weighted by atomic mass is 16.7. The molecule has 0 aliphatic carbocycles. The highest BCUT2D eigenvalue weighted by Crippen LogP contribution is 2.18. The number of rotatable bonds is 61. The van der Waals surface area contributed by atoms with Gasteiger partial charge >= 0.3 is 11.9 Å². The molecular formula is C66H125NO8. The fourth-order valence-corrected chi connectivity index (χ4v) is 9.65. The minimum Gasteiger partial charge on any atom is -0.545 e. The van der Waals surface area contributed by atoms with Gasteiger partial charge in [-0.05, 0) is 64.2 Å². The van der Waals surface area contributed by atoms with Crippen molar-refractivity contribution < 1.29 is 42.9 Å². The Morgan fingerprint density at radius 1 is 0.387 bits per heavy atom. The van der Waals surface area contributed by atoms with Gasteiger partial charge in [0.05, 0.1) is 40.3 Å². The van der Waals surface area contributed by atoms with Crippen LogP contribution >= 0.6 is 0 Å². The van der Waals surface area contributed by atoms with Gasteiger partial charge in [-0.2, -0.15) is 0 Å². The molecule has 0 fully saturated rings. The van der Waals surface area contributed by atoms with Crippen LogP contribution in [0.15, 0.2) is 24.3 Å². The van der Waals surface area contributed by atoms with Crippen molar-refractivity contribution in [1.29, 1.82) is 0 Å². The molecule has 0 radical (unpaired) electrons. The number of nitrogens with zero attached hydrogens (tertiary/aromatic N) is 1. The second kappa shape index (κ2) is 57.9. The van der Waals surface area contributed by atoms with Crippen molar-refractivity contribution in [3.63, 3.8) is 0 Å². The lowest BCUT2D eigenvalue weighted by Gasteiger charge is -2.26. The summed E-state index contributed by atoms with van der Waals surface area (Å²) < 4.78 is 22.8. The highest BCUT2D eigenvalue weighted by Gasteiger charge is 2.22. The number of ether oxygens (including phenoxy) is 4. The Hall–Kier alpha value is -2.23. The summed E-state index contributed by atoms with van der Waals surface area (Å²) in [6.07, 6.45) is 66.8. The number of unbranched alkanes of at least 4 members (excludes halogenated alkanes) is 42. The second-order valence-corrected chi connectivity index (χ2v) is 23.4. The lowest BCUT2D eigenvalue weighted by atomic mass is 10.0. The molecule has 0 heterocycles. The Kier molecular flexibility index (Phi) is 56.2. The number of hydrogen-bond acceptors (Lipinski definition) is 8. The van der Waals surface area contributed by atoms with E-state index in [4.69, 9.17) is 18.9 Å². The molecule has 0 rings (SSSR count). The van der Waals surface area contributed by atoms with Gasteiger partial charge in [0.1, 0.15) is 13.2 Å². The molecule has 0 N–H and O–H groups in total. The summed E-state index contributed by atoms with van der Waals surface area (Å²) in [5, 5.41) is 11.8. The van der Waals surface area contributed by atoms with Gasteiger partial charge in [-0.3, -0.25) is 9.59 Å². The summed E-state index contributed by atoms with van der Waals surface area (Å²) in [5.41, 5.74) is 0. The zero-order valence-electron chi connectivity index (χ0n) is 50.4. The Bertz CT molecular complexity index is 1280. The number of esters is 2. The van der Waals surface area contributed by atoms with Gasteiger partial charge in [-0.15, -0.1) is 0 Å². The Morgan fingerprint density at radius 3 is 0.987 bits per heavy atom. The zero-order valence-corrected chi connectivity index (χ0v) is 50.4. The number of carboxylic acid groups (broad SMARTS) is 1. The highest BCUT2D eigenvalue weighted by molar-refractivity contribution is 5.70. The maximum atomic E-state index is 12.9. The lowest BCUT2D eigenvalue weighted by molar-refractivity contribution is -0.870. The van der Waals surface area contributed by atoms with Gasteiger partial charge in [0, 0.05) is 12.8 Å². The Balaban J connectivity index is 4.09. The van der Waals surface area contributed by atoms with E-state index >= 15 is 0 Å². The first-order chi connectivity index (χ1) is 36.6. The first-order valence-corrected chi connectivity index (χ1v) is 32.5. The first kappa shape index (κ1) is 72.8. The molecular weight excluding hydrogens is 935 g/mol. The minimum absolute atomic E-state index is 0.150. The molecule has 0 saturated heterocycles. The molecule has 0 aromatic rings. The number of carboxylic acids is 1. The fourth-order valence-electron chi connectivity index (χ4n) is 9.65. The normalized spacial score (nSPS) is 12.8.